The molecule has 9 heteroatoms. The highest BCUT2D eigenvalue weighted by molar-refractivity contribution is 7.48. The number of phosphoric acid groups is 1. The first-order chi connectivity index (χ1) is 15.7. The number of esters is 2. The van der Waals surface area contributed by atoms with Gasteiger partial charge in [0.15, 0.2) is 0 Å². The minimum Gasteiger partial charge on any atom is -0.462 e. The molecule has 0 heterocycles. The summed E-state index contributed by atoms with van der Waals surface area (Å²) < 4.78 is 39.6. The highest BCUT2D eigenvalue weighted by Gasteiger charge is 2.28. The van der Waals surface area contributed by atoms with Crippen LogP contribution in [0, 0.1) is 0 Å². The minimum atomic E-state index is -3.80. The van der Waals surface area contributed by atoms with Crippen molar-refractivity contribution in [2.24, 2.45) is 0 Å². The van der Waals surface area contributed by atoms with Crippen LogP contribution in [0.1, 0.15) is 52.4 Å². The van der Waals surface area contributed by atoms with Crippen LogP contribution in [0.4, 0.5) is 0 Å². The lowest BCUT2D eigenvalue weighted by molar-refractivity contribution is -0.139. The maximum Gasteiger partial charge on any atom is 0.530 e. The molecule has 0 bridgehead atoms. The second kappa shape index (κ2) is 16.2. The fraction of sp³-hybridized carbons (Fsp3) is 0.500. The molecular weight excluding hydrogens is 447 g/mol. The van der Waals surface area contributed by atoms with Crippen LogP contribution in [0.5, 0.6) is 5.75 Å². The second-order valence-electron chi connectivity index (χ2n) is 7.47. The van der Waals surface area contributed by atoms with Crippen molar-refractivity contribution in [2.75, 3.05) is 26.4 Å². The van der Waals surface area contributed by atoms with E-state index in [0.29, 0.717) is 55.8 Å². The molecule has 0 amide bonds. The van der Waals surface area contributed by atoms with Crippen molar-refractivity contribution in [3.63, 3.8) is 0 Å². The standard InChI is InChI=1S/C24H35O8P/c1-20(2)23(25)28-16-10-6-12-18-30-33(27,32-22-14-8-5-9-15-22)31-19-13-7-11-17-29-24(26)21(3)4/h5,8-9,14-15H,1,3,6-7,10-13,16-19H2,2,4H3. The van der Waals surface area contributed by atoms with E-state index in [4.69, 9.17) is 23.0 Å². The van der Waals surface area contributed by atoms with E-state index < -0.39 is 19.8 Å². The van der Waals surface area contributed by atoms with Gasteiger partial charge in [0.2, 0.25) is 0 Å². The third kappa shape index (κ3) is 13.7. The van der Waals surface area contributed by atoms with Crippen LogP contribution in [0.2, 0.25) is 0 Å². The van der Waals surface area contributed by atoms with Gasteiger partial charge in [0.25, 0.3) is 0 Å². The fourth-order valence-electron chi connectivity index (χ4n) is 2.39. The smallest absolute Gasteiger partial charge is 0.462 e. The van der Waals surface area contributed by atoms with Gasteiger partial charge in [0.05, 0.1) is 26.4 Å². The first kappa shape index (κ1) is 28.6. The molecule has 0 aromatic heterocycles. The molecule has 0 radical (unpaired) electrons. The van der Waals surface area contributed by atoms with Crippen LogP contribution in [-0.4, -0.2) is 38.4 Å². The lowest BCUT2D eigenvalue weighted by Gasteiger charge is -2.18. The number of carbonyl (C=O) groups excluding carboxylic acids is 2. The van der Waals surface area contributed by atoms with E-state index in [0.717, 1.165) is 12.8 Å². The summed E-state index contributed by atoms with van der Waals surface area (Å²) in [5, 5.41) is 0. The Kier molecular flexibility index (Phi) is 14.1. The Labute approximate surface area is 196 Å². The van der Waals surface area contributed by atoms with Crippen molar-refractivity contribution < 1.29 is 37.2 Å². The summed E-state index contributed by atoms with van der Waals surface area (Å²) >= 11 is 0. The Morgan fingerprint density at radius 1 is 0.727 bits per heavy atom. The molecule has 33 heavy (non-hydrogen) atoms. The molecule has 0 N–H and O–H groups in total. The molecule has 0 fully saturated rings. The summed E-state index contributed by atoms with van der Waals surface area (Å²) in [4.78, 5) is 22.7. The van der Waals surface area contributed by atoms with Crippen molar-refractivity contribution in [1.82, 2.24) is 0 Å². The first-order valence-electron chi connectivity index (χ1n) is 11.0. The Morgan fingerprint density at radius 3 is 1.58 bits per heavy atom. The zero-order valence-electron chi connectivity index (χ0n) is 19.6. The summed E-state index contributed by atoms with van der Waals surface area (Å²) in [5.74, 6) is -0.428. The van der Waals surface area contributed by atoms with Crippen LogP contribution >= 0.6 is 7.82 Å². The van der Waals surface area contributed by atoms with Crippen LogP contribution in [0.3, 0.4) is 0 Å². The van der Waals surface area contributed by atoms with Crippen molar-refractivity contribution in [3.8, 4) is 5.75 Å². The van der Waals surface area contributed by atoms with Gasteiger partial charge in [-0.05, 0) is 64.5 Å². The fourth-order valence-corrected chi connectivity index (χ4v) is 3.66. The minimum absolute atomic E-state index is 0.176. The van der Waals surface area contributed by atoms with Crippen molar-refractivity contribution in [1.29, 1.82) is 0 Å². The molecule has 0 saturated carbocycles. The SMILES string of the molecule is C=C(C)C(=O)OCCCCCOP(=O)(OCCCCCOC(=O)C(=C)C)Oc1ccccc1. The molecule has 8 nitrogen and oxygen atoms in total. The maximum absolute atomic E-state index is 13.1. The average molecular weight is 483 g/mol. The lowest BCUT2D eigenvalue weighted by atomic mass is 10.2. The molecule has 0 spiro atoms. The summed E-state index contributed by atoms with van der Waals surface area (Å²) in [7, 11) is -3.80. The van der Waals surface area contributed by atoms with E-state index in [2.05, 4.69) is 13.2 Å². The molecular formula is C24H35O8P. The summed E-state index contributed by atoms with van der Waals surface area (Å²) in [6.07, 6.45) is 3.95. The quantitative estimate of drug-likeness (QED) is 0.112. The van der Waals surface area contributed by atoms with E-state index in [1.165, 1.54) is 0 Å². The Balaban J connectivity index is 2.36. The largest absolute Gasteiger partial charge is 0.530 e. The van der Waals surface area contributed by atoms with E-state index in [9.17, 15) is 14.2 Å². The van der Waals surface area contributed by atoms with E-state index in [1.807, 2.05) is 6.07 Å². The van der Waals surface area contributed by atoms with Gasteiger partial charge in [-0.15, -0.1) is 0 Å². The Morgan fingerprint density at radius 2 is 1.15 bits per heavy atom. The van der Waals surface area contributed by atoms with Gasteiger partial charge in [0.1, 0.15) is 5.75 Å². The van der Waals surface area contributed by atoms with Gasteiger partial charge in [-0.25, -0.2) is 14.2 Å². The topological polar surface area (TPSA) is 97.4 Å². The average Bonchev–Trinajstić information content (AvgIpc) is 2.78. The van der Waals surface area contributed by atoms with Crippen molar-refractivity contribution in [2.45, 2.75) is 52.4 Å². The number of ether oxygens (including phenoxy) is 2. The van der Waals surface area contributed by atoms with Crippen LogP contribution in [-0.2, 0) is 32.7 Å². The number of hydrogen-bond acceptors (Lipinski definition) is 8. The van der Waals surface area contributed by atoms with Crippen LogP contribution in [0.15, 0.2) is 54.6 Å². The normalized spacial score (nSPS) is 11.0. The number of phosphoric ester groups is 1. The number of rotatable bonds is 18. The summed E-state index contributed by atoms with van der Waals surface area (Å²) in [6.45, 7) is 11.2. The first-order valence-corrected chi connectivity index (χ1v) is 12.5. The maximum atomic E-state index is 13.1. The highest BCUT2D eigenvalue weighted by Crippen LogP contribution is 2.49. The predicted molar refractivity (Wildman–Crippen MR) is 126 cm³/mol. The molecule has 184 valence electrons. The van der Waals surface area contributed by atoms with Crippen molar-refractivity contribution >= 4 is 19.8 Å². The number of para-hydroxylation sites is 1. The van der Waals surface area contributed by atoms with E-state index in [-0.39, 0.29) is 13.2 Å². The molecule has 1 aromatic rings. The van der Waals surface area contributed by atoms with Gasteiger partial charge < -0.3 is 14.0 Å². The van der Waals surface area contributed by atoms with Crippen LogP contribution < -0.4 is 4.52 Å². The third-order valence-corrected chi connectivity index (χ3v) is 5.63. The number of benzene rings is 1. The van der Waals surface area contributed by atoms with Crippen molar-refractivity contribution in [3.05, 3.63) is 54.6 Å². The second-order valence-corrected chi connectivity index (χ2v) is 9.07. The monoisotopic (exact) mass is 482 g/mol. The summed E-state index contributed by atoms with van der Waals surface area (Å²) in [6, 6.07) is 8.69. The molecule has 0 aliphatic carbocycles. The van der Waals surface area contributed by atoms with Gasteiger partial charge in [-0.3, -0.25) is 9.05 Å². The van der Waals surface area contributed by atoms with Crippen LogP contribution in [0.25, 0.3) is 0 Å². The molecule has 0 aliphatic rings. The zero-order valence-corrected chi connectivity index (χ0v) is 20.5. The molecule has 1 aromatic carbocycles. The highest BCUT2D eigenvalue weighted by atomic mass is 31.2. The number of carbonyl (C=O) groups is 2. The van der Waals surface area contributed by atoms with E-state index >= 15 is 0 Å². The molecule has 0 aliphatic heterocycles. The van der Waals surface area contributed by atoms with Gasteiger partial charge in [-0.2, -0.15) is 0 Å². The predicted octanol–water partition coefficient (Wildman–Crippen LogP) is 5.79. The summed E-state index contributed by atoms with van der Waals surface area (Å²) in [5.41, 5.74) is 0.727. The molecule has 0 atom stereocenters. The number of hydrogen-bond donors (Lipinski definition) is 0. The van der Waals surface area contributed by atoms with Gasteiger partial charge in [-0.1, -0.05) is 31.4 Å². The zero-order chi connectivity index (χ0) is 24.5. The third-order valence-electron chi connectivity index (χ3n) is 4.20. The van der Waals surface area contributed by atoms with Gasteiger partial charge >= 0.3 is 19.8 Å². The van der Waals surface area contributed by atoms with Gasteiger partial charge in [0, 0.05) is 11.1 Å². The Bertz CT molecular complexity index is 762. The number of unbranched alkanes of at least 4 members (excludes halogenated alkanes) is 4. The lowest BCUT2D eigenvalue weighted by Crippen LogP contribution is -2.08. The molecule has 0 unspecified atom stereocenters. The van der Waals surface area contributed by atoms with E-state index in [1.54, 1.807) is 38.1 Å². The molecule has 1 rings (SSSR count). The molecule has 0 saturated heterocycles. The Hall–Kier alpha value is -2.41.